The molecule has 2 heterocycles. The summed E-state index contributed by atoms with van der Waals surface area (Å²) in [5.41, 5.74) is 7.93. The van der Waals surface area contributed by atoms with Crippen LogP contribution in [-0.4, -0.2) is 9.38 Å². The van der Waals surface area contributed by atoms with Gasteiger partial charge in [0.2, 0.25) is 0 Å². The van der Waals surface area contributed by atoms with E-state index in [0.29, 0.717) is 16.7 Å². The highest BCUT2D eigenvalue weighted by molar-refractivity contribution is 9.10. The van der Waals surface area contributed by atoms with Gasteiger partial charge >= 0.3 is 0 Å². The number of nitrogens with two attached hydrogens (primary N) is 1. The molecule has 5 heteroatoms. The van der Waals surface area contributed by atoms with E-state index in [1.165, 1.54) is 12.3 Å². The van der Waals surface area contributed by atoms with Crippen LogP contribution in [0.25, 0.3) is 5.65 Å². The number of hydrogen-bond acceptors (Lipinski definition) is 2. The van der Waals surface area contributed by atoms with Gasteiger partial charge < -0.3 is 5.73 Å². The maximum Gasteiger partial charge on any atom is 0.151 e. The van der Waals surface area contributed by atoms with E-state index < -0.39 is 0 Å². The fourth-order valence-corrected chi connectivity index (χ4v) is 1.98. The van der Waals surface area contributed by atoms with Crippen LogP contribution >= 0.6 is 15.9 Å². The summed E-state index contributed by atoms with van der Waals surface area (Å²) in [6.07, 6.45) is 1.39. The fraction of sp³-hybridized carbons (Fsp3) is 0.222. The number of hydrogen-bond donors (Lipinski definition) is 1. The number of fused-ring (bicyclic) bond motifs is 1. The third-order valence-electron chi connectivity index (χ3n) is 2.13. The van der Waals surface area contributed by atoms with Crippen LogP contribution in [0, 0.1) is 12.7 Å². The summed E-state index contributed by atoms with van der Waals surface area (Å²) in [5, 5.41) is 0. The minimum atomic E-state index is -0.309. The van der Waals surface area contributed by atoms with Crippen LogP contribution in [0.15, 0.2) is 16.7 Å². The first-order chi connectivity index (χ1) is 6.63. The van der Waals surface area contributed by atoms with E-state index in [2.05, 4.69) is 20.9 Å². The van der Waals surface area contributed by atoms with Crippen molar-refractivity contribution in [2.24, 2.45) is 5.73 Å². The van der Waals surface area contributed by atoms with Crippen molar-refractivity contribution < 1.29 is 4.39 Å². The number of rotatable bonds is 1. The Morgan fingerprint density at radius 2 is 2.36 bits per heavy atom. The number of nitrogens with zero attached hydrogens (tertiary/aromatic N) is 2. The van der Waals surface area contributed by atoms with Crippen molar-refractivity contribution in [3.05, 3.63) is 33.9 Å². The average molecular weight is 258 g/mol. The summed E-state index contributed by atoms with van der Waals surface area (Å²) in [4.78, 5) is 4.29. The zero-order valence-corrected chi connectivity index (χ0v) is 9.18. The molecule has 2 rings (SSSR count). The van der Waals surface area contributed by atoms with Crippen LogP contribution in [0.5, 0.6) is 0 Å². The van der Waals surface area contributed by atoms with Crippen LogP contribution in [-0.2, 0) is 6.54 Å². The Morgan fingerprint density at radius 3 is 3.00 bits per heavy atom. The summed E-state index contributed by atoms with van der Waals surface area (Å²) in [7, 11) is 0. The Labute approximate surface area is 88.9 Å². The van der Waals surface area contributed by atoms with Gasteiger partial charge in [0, 0.05) is 12.7 Å². The van der Waals surface area contributed by atoms with Gasteiger partial charge in [0.25, 0.3) is 0 Å². The van der Waals surface area contributed by atoms with Gasteiger partial charge in [0.05, 0.1) is 15.9 Å². The lowest BCUT2D eigenvalue weighted by Gasteiger charge is -2.00. The first-order valence-corrected chi connectivity index (χ1v) is 4.95. The van der Waals surface area contributed by atoms with Crippen LogP contribution < -0.4 is 5.73 Å². The van der Waals surface area contributed by atoms with Crippen LogP contribution in [0.3, 0.4) is 0 Å². The van der Waals surface area contributed by atoms with E-state index in [9.17, 15) is 4.39 Å². The first kappa shape index (κ1) is 9.61. The SMILES string of the molecule is Cc1nc2c(Br)cc(F)cn2c1CN. The molecule has 0 atom stereocenters. The van der Waals surface area contributed by atoms with Gasteiger partial charge in [0.15, 0.2) is 5.65 Å². The Morgan fingerprint density at radius 1 is 1.64 bits per heavy atom. The number of aryl methyl sites for hydroxylation is 1. The molecule has 0 aliphatic carbocycles. The molecule has 0 fully saturated rings. The maximum atomic E-state index is 13.1. The molecule has 0 aliphatic rings. The van der Waals surface area contributed by atoms with Crippen LogP contribution in [0.1, 0.15) is 11.4 Å². The van der Waals surface area contributed by atoms with Crippen LogP contribution in [0.4, 0.5) is 4.39 Å². The minimum absolute atomic E-state index is 0.309. The van der Waals surface area contributed by atoms with Crippen molar-refractivity contribution in [1.82, 2.24) is 9.38 Å². The quantitative estimate of drug-likeness (QED) is 0.850. The highest BCUT2D eigenvalue weighted by Gasteiger charge is 2.10. The van der Waals surface area contributed by atoms with Crippen LogP contribution in [0.2, 0.25) is 0 Å². The van der Waals surface area contributed by atoms with E-state index in [1.807, 2.05) is 6.92 Å². The summed E-state index contributed by atoms with van der Waals surface area (Å²) < 4.78 is 15.4. The smallest absolute Gasteiger partial charge is 0.151 e. The standard InChI is InChI=1S/C9H9BrFN3/c1-5-8(3-12)14-4-6(11)2-7(10)9(14)13-5/h2,4H,3,12H2,1H3. The lowest BCUT2D eigenvalue weighted by atomic mass is 10.3. The van der Waals surface area contributed by atoms with Crippen molar-refractivity contribution in [2.45, 2.75) is 13.5 Å². The van der Waals surface area contributed by atoms with Gasteiger partial charge in [-0.2, -0.15) is 0 Å². The maximum absolute atomic E-state index is 13.1. The zero-order valence-electron chi connectivity index (χ0n) is 7.59. The van der Waals surface area contributed by atoms with Gasteiger partial charge in [-0.15, -0.1) is 0 Å². The van der Waals surface area contributed by atoms with E-state index in [1.54, 1.807) is 4.40 Å². The molecule has 2 aromatic heterocycles. The molecule has 0 bridgehead atoms. The average Bonchev–Trinajstić information content (AvgIpc) is 2.41. The second kappa shape index (κ2) is 3.33. The molecule has 0 aromatic carbocycles. The molecule has 0 aliphatic heterocycles. The predicted octanol–water partition coefficient (Wildman–Crippen LogP) is 2.00. The molecule has 3 nitrogen and oxygen atoms in total. The molecule has 0 radical (unpaired) electrons. The lowest BCUT2D eigenvalue weighted by Crippen LogP contribution is -2.02. The van der Waals surface area contributed by atoms with Crippen molar-refractivity contribution in [3.8, 4) is 0 Å². The third-order valence-corrected chi connectivity index (χ3v) is 2.72. The largest absolute Gasteiger partial charge is 0.325 e. The normalized spacial score (nSPS) is 11.1. The molecule has 0 saturated carbocycles. The third kappa shape index (κ3) is 1.33. The molecule has 0 amide bonds. The lowest BCUT2D eigenvalue weighted by molar-refractivity contribution is 0.616. The monoisotopic (exact) mass is 257 g/mol. The minimum Gasteiger partial charge on any atom is -0.325 e. The Bertz CT molecular complexity index is 492. The first-order valence-electron chi connectivity index (χ1n) is 4.16. The van der Waals surface area contributed by atoms with Crippen molar-refractivity contribution in [2.75, 3.05) is 0 Å². The van der Waals surface area contributed by atoms with Crippen molar-refractivity contribution in [3.63, 3.8) is 0 Å². The number of aromatic nitrogens is 2. The van der Waals surface area contributed by atoms with Gasteiger partial charge in [-0.05, 0) is 28.9 Å². The fourth-order valence-electron chi connectivity index (χ4n) is 1.48. The molecule has 0 unspecified atom stereocenters. The molecule has 14 heavy (non-hydrogen) atoms. The highest BCUT2D eigenvalue weighted by Crippen LogP contribution is 2.21. The Kier molecular flexibility index (Phi) is 2.28. The van der Waals surface area contributed by atoms with Gasteiger partial charge in [-0.3, -0.25) is 4.40 Å². The van der Waals surface area contributed by atoms with E-state index in [0.717, 1.165) is 11.4 Å². The topological polar surface area (TPSA) is 43.3 Å². The predicted molar refractivity (Wildman–Crippen MR) is 55.5 cm³/mol. The van der Waals surface area contributed by atoms with Crippen molar-refractivity contribution >= 4 is 21.6 Å². The van der Waals surface area contributed by atoms with Gasteiger partial charge in [-0.1, -0.05) is 0 Å². The number of halogens is 2. The summed E-state index contributed by atoms with van der Waals surface area (Å²) >= 11 is 3.26. The van der Waals surface area contributed by atoms with Crippen molar-refractivity contribution in [1.29, 1.82) is 0 Å². The Balaban J connectivity index is 2.87. The zero-order chi connectivity index (χ0) is 10.3. The number of pyridine rings is 1. The molecular formula is C9H9BrFN3. The van der Waals surface area contributed by atoms with Gasteiger partial charge in [-0.25, -0.2) is 9.37 Å². The second-order valence-corrected chi connectivity index (χ2v) is 3.90. The summed E-state index contributed by atoms with van der Waals surface area (Å²) in [6, 6.07) is 1.39. The van der Waals surface area contributed by atoms with E-state index in [-0.39, 0.29) is 5.82 Å². The summed E-state index contributed by atoms with van der Waals surface area (Å²) in [6.45, 7) is 2.21. The molecular weight excluding hydrogens is 249 g/mol. The molecule has 74 valence electrons. The highest BCUT2D eigenvalue weighted by atomic mass is 79.9. The molecule has 2 N–H and O–H groups in total. The number of imidazole rings is 1. The van der Waals surface area contributed by atoms with E-state index >= 15 is 0 Å². The summed E-state index contributed by atoms with van der Waals surface area (Å²) in [5.74, 6) is -0.309. The molecule has 2 aromatic rings. The molecule has 0 spiro atoms. The Hall–Kier alpha value is -0.940. The molecule has 0 saturated heterocycles. The second-order valence-electron chi connectivity index (χ2n) is 3.05. The van der Waals surface area contributed by atoms with Gasteiger partial charge in [0.1, 0.15) is 5.82 Å². The van der Waals surface area contributed by atoms with E-state index in [4.69, 9.17) is 5.73 Å².